The third kappa shape index (κ3) is 3.75. The van der Waals surface area contributed by atoms with Crippen LogP contribution in [0.1, 0.15) is 41.0 Å². The first-order valence-electron chi connectivity index (χ1n) is 9.19. The number of thiophene rings is 1. The number of likely N-dealkylation sites (tertiary alicyclic amines) is 1. The van der Waals surface area contributed by atoms with Gasteiger partial charge in [-0.2, -0.15) is 4.98 Å². The van der Waals surface area contributed by atoms with Crippen LogP contribution in [0.5, 0.6) is 0 Å². The molecule has 1 aliphatic heterocycles. The van der Waals surface area contributed by atoms with Crippen LogP contribution in [-0.4, -0.2) is 49.5 Å². The lowest BCUT2D eigenvalue weighted by Gasteiger charge is -2.23. The lowest BCUT2D eigenvalue weighted by Crippen LogP contribution is -2.34. The number of ether oxygens (including phenoxy) is 1. The smallest absolute Gasteiger partial charge is 0.314 e. The molecule has 1 aliphatic rings. The number of aromatic nitrogens is 4. The van der Waals surface area contributed by atoms with Gasteiger partial charge < -0.3 is 9.64 Å². The highest BCUT2D eigenvalue weighted by Gasteiger charge is 2.31. The van der Waals surface area contributed by atoms with Crippen LogP contribution < -0.4 is 0 Å². The zero-order valence-corrected chi connectivity index (χ0v) is 16.6. The Morgan fingerprint density at radius 3 is 2.96 bits per heavy atom. The minimum absolute atomic E-state index is 0.0867. The molecule has 28 heavy (non-hydrogen) atoms. The molecule has 0 radical (unpaired) electrons. The number of rotatable bonds is 5. The minimum atomic E-state index is -0.523. The number of carbonyl (C=O) groups is 2. The van der Waals surface area contributed by atoms with Gasteiger partial charge in [-0.3, -0.25) is 9.59 Å². The molecule has 0 bridgehead atoms. The standard InChI is InChI=1S/C19H21N5O3S/c1-12-9-13(2)24-19(20-12)21-16(22-24)10-18(26)27-11-17(25)23-7-3-5-14(23)15-6-4-8-28-15/h4,6,8-9,14H,3,5,7,10-11H2,1-2H3. The number of nitrogens with zero attached hydrogens (tertiary/aromatic N) is 5. The average Bonchev–Trinajstić information content (AvgIpc) is 3.38. The minimum Gasteiger partial charge on any atom is -0.455 e. The van der Waals surface area contributed by atoms with E-state index in [2.05, 4.69) is 15.1 Å². The van der Waals surface area contributed by atoms with E-state index >= 15 is 0 Å². The Morgan fingerprint density at radius 2 is 2.18 bits per heavy atom. The van der Waals surface area contributed by atoms with Crippen molar-refractivity contribution in [3.05, 3.63) is 45.7 Å². The van der Waals surface area contributed by atoms with Crippen molar-refractivity contribution in [3.8, 4) is 0 Å². The molecule has 4 rings (SSSR count). The lowest BCUT2D eigenvalue weighted by molar-refractivity contribution is -0.152. The van der Waals surface area contributed by atoms with Crippen LogP contribution >= 0.6 is 11.3 Å². The van der Waals surface area contributed by atoms with Crippen LogP contribution in [0.2, 0.25) is 0 Å². The molecule has 0 aromatic carbocycles. The number of aryl methyl sites for hydroxylation is 2. The van der Waals surface area contributed by atoms with Gasteiger partial charge in [0.25, 0.3) is 11.7 Å². The third-order valence-corrected chi connectivity index (χ3v) is 5.74. The molecule has 1 unspecified atom stereocenters. The summed E-state index contributed by atoms with van der Waals surface area (Å²) in [5.41, 5.74) is 1.72. The maximum absolute atomic E-state index is 12.5. The second-order valence-corrected chi connectivity index (χ2v) is 7.86. The Labute approximate surface area is 166 Å². The lowest BCUT2D eigenvalue weighted by atomic mass is 10.2. The fourth-order valence-corrected chi connectivity index (χ4v) is 4.40. The van der Waals surface area contributed by atoms with E-state index in [1.54, 1.807) is 20.8 Å². The van der Waals surface area contributed by atoms with Gasteiger partial charge in [0.1, 0.15) is 6.42 Å². The molecule has 1 amide bonds. The molecular formula is C19H21N5O3S. The van der Waals surface area contributed by atoms with Gasteiger partial charge in [0.15, 0.2) is 12.4 Å². The van der Waals surface area contributed by atoms with E-state index in [9.17, 15) is 9.59 Å². The molecule has 9 heteroatoms. The number of hydrogen-bond acceptors (Lipinski definition) is 7. The summed E-state index contributed by atoms with van der Waals surface area (Å²) in [6.45, 7) is 4.21. The average molecular weight is 399 g/mol. The Bertz CT molecular complexity index is 1010. The van der Waals surface area contributed by atoms with Gasteiger partial charge in [-0.25, -0.2) is 9.50 Å². The monoisotopic (exact) mass is 399 g/mol. The molecule has 1 atom stereocenters. The van der Waals surface area contributed by atoms with Gasteiger partial charge in [-0.05, 0) is 44.2 Å². The highest BCUT2D eigenvalue weighted by molar-refractivity contribution is 7.10. The SMILES string of the molecule is Cc1cc(C)n2nc(CC(=O)OCC(=O)N3CCCC3c3cccs3)nc2n1. The van der Waals surface area contributed by atoms with E-state index in [0.717, 1.165) is 24.2 Å². The predicted octanol–water partition coefficient (Wildman–Crippen LogP) is 2.25. The first-order valence-corrected chi connectivity index (χ1v) is 10.1. The van der Waals surface area contributed by atoms with Crippen molar-refractivity contribution in [2.24, 2.45) is 0 Å². The van der Waals surface area contributed by atoms with Crippen molar-refractivity contribution in [3.63, 3.8) is 0 Å². The maximum Gasteiger partial charge on any atom is 0.314 e. The zero-order chi connectivity index (χ0) is 19.7. The number of fused-ring (bicyclic) bond motifs is 1. The number of esters is 1. The fourth-order valence-electron chi connectivity index (χ4n) is 3.53. The second-order valence-electron chi connectivity index (χ2n) is 6.88. The van der Waals surface area contributed by atoms with Crippen LogP contribution in [0.4, 0.5) is 0 Å². The number of amides is 1. The molecule has 3 aromatic heterocycles. The topological polar surface area (TPSA) is 89.7 Å². The summed E-state index contributed by atoms with van der Waals surface area (Å²) in [7, 11) is 0. The number of carbonyl (C=O) groups excluding carboxylic acids is 2. The molecule has 8 nitrogen and oxygen atoms in total. The highest BCUT2D eigenvalue weighted by atomic mass is 32.1. The van der Waals surface area contributed by atoms with Crippen molar-refractivity contribution in [2.75, 3.05) is 13.2 Å². The molecule has 1 saturated heterocycles. The van der Waals surface area contributed by atoms with E-state index in [4.69, 9.17) is 4.74 Å². The van der Waals surface area contributed by atoms with Crippen molar-refractivity contribution in [1.29, 1.82) is 0 Å². The van der Waals surface area contributed by atoms with Gasteiger partial charge in [0.2, 0.25) is 0 Å². The maximum atomic E-state index is 12.5. The van der Waals surface area contributed by atoms with E-state index in [1.165, 1.54) is 4.88 Å². The number of hydrogen-bond donors (Lipinski definition) is 0. The van der Waals surface area contributed by atoms with Crippen LogP contribution in [0.25, 0.3) is 5.78 Å². The van der Waals surface area contributed by atoms with Crippen LogP contribution in [0.15, 0.2) is 23.6 Å². The first-order chi connectivity index (χ1) is 13.5. The van der Waals surface area contributed by atoms with E-state index in [0.29, 0.717) is 18.1 Å². The van der Waals surface area contributed by atoms with E-state index in [-0.39, 0.29) is 25.0 Å². The van der Waals surface area contributed by atoms with E-state index < -0.39 is 5.97 Å². The molecule has 146 valence electrons. The summed E-state index contributed by atoms with van der Waals surface area (Å²) in [6, 6.07) is 6.01. The molecule has 0 saturated carbocycles. The molecule has 3 aromatic rings. The van der Waals surface area contributed by atoms with Gasteiger partial charge in [-0.15, -0.1) is 16.4 Å². The van der Waals surface area contributed by atoms with Gasteiger partial charge in [0.05, 0.1) is 6.04 Å². The zero-order valence-electron chi connectivity index (χ0n) is 15.8. The van der Waals surface area contributed by atoms with Gasteiger partial charge in [0, 0.05) is 22.8 Å². The Kier molecular flexibility index (Phi) is 5.08. The van der Waals surface area contributed by atoms with Crippen molar-refractivity contribution in [2.45, 2.75) is 39.2 Å². The fraction of sp³-hybridized carbons (Fsp3) is 0.421. The third-order valence-electron chi connectivity index (χ3n) is 4.77. The van der Waals surface area contributed by atoms with Gasteiger partial charge >= 0.3 is 5.97 Å². The predicted molar refractivity (Wildman–Crippen MR) is 103 cm³/mol. The molecule has 0 N–H and O–H groups in total. The van der Waals surface area contributed by atoms with E-state index in [1.807, 2.05) is 37.4 Å². The molecule has 0 spiro atoms. The van der Waals surface area contributed by atoms with Crippen LogP contribution in [0, 0.1) is 13.8 Å². The summed E-state index contributed by atoms with van der Waals surface area (Å²) in [4.78, 5) is 36.3. The summed E-state index contributed by atoms with van der Waals surface area (Å²) in [5, 5.41) is 6.30. The molecule has 0 aliphatic carbocycles. The second kappa shape index (κ2) is 7.67. The largest absolute Gasteiger partial charge is 0.455 e. The normalized spacial score (nSPS) is 16.6. The first kappa shape index (κ1) is 18.5. The Morgan fingerprint density at radius 1 is 1.32 bits per heavy atom. The van der Waals surface area contributed by atoms with Crippen molar-refractivity contribution < 1.29 is 14.3 Å². The summed E-state index contributed by atoms with van der Waals surface area (Å²) in [5.74, 6) is 0.0920. The summed E-state index contributed by atoms with van der Waals surface area (Å²) < 4.78 is 6.79. The quantitative estimate of drug-likeness (QED) is 0.612. The molecular weight excluding hydrogens is 378 g/mol. The Balaban J connectivity index is 1.35. The highest BCUT2D eigenvalue weighted by Crippen LogP contribution is 2.34. The Hall–Kier alpha value is -2.81. The molecule has 1 fully saturated rings. The van der Waals surface area contributed by atoms with Crippen LogP contribution in [-0.2, 0) is 20.7 Å². The summed E-state index contributed by atoms with van der Waals surface area (Å²) in [6.07, 6.45) is 1.81. The van der Waals surface area contributed by atoms with Gasteiger partial charge in [-0.1, -0.05) is 6.07 Å². The van der Waals surface area contributed by atoms with Crippen molar-refractivity contribution >= 4 is 29.0 Å². The van der Waals surface area contributed by atoms with Crippen molar-refractivity contribution in [1.82, 2.24) is 24.5 Å². The van der Waals surface area contributed by atoms with Crippen LogP contribution in [0.3, 0.4) is 0 Å². The molecule has 4 heterocycles. The summed E-state index contributed by atoms with van der Waals surface area (Å²) >= 11 is 1.65.